The number of amides is 1. The molecule has 0 aliphatic carbocycles. The number of hydrogen-bond donors (Lipinski definition) is 0. The van der Waals surface area contributed by atoms with Crippen molar-refractivity contribution < 1.29 is 9.18 Å². The van der Waals surface area contributed by atoms with E-state index in [4.69, 9.17) is 0 Å². The minimum absolute atomic E-state index is 0.0840. The predicted molar refractivity (Wildman–Crippen MR) is 97.0 cm³/mol. The van der Waals surface area contributed by atoms with Crippen molar-refractivity contribution in [3.05, 3.63) is 65.0 Å². The molecule has 2 aliphatic heterocycles. The third kappa shape index (κ3) is 2.99. The van der Waals surface area contributed by atoms with Crippen LogP contribution in [0.4, 0.5) is 10.1 Å². The monoisotopic (exact) mass is 347 g/mol. The minimum Gasteiger partial charge on any atom is -0.339 e. The highest BCUT2D eigenvalue weighted by molar-refractivity contribution is 5.98. The smallest absolute Gasteiger partial charge is 0.255 e. The maximum absolute atomic E-state index is 13.4. The summed E-state index contributed by atoms with van der Waals surface area (Å²) < 4.78 is 13.4. The molecule has 0 aromatic heterocycles. The molecule has 26 heavy (non-hydrogen) atoms. The summed E-state index contributed by atoms with van der Waals surface area (Å²) in [5, 5.41) is 9.19. The predicted octanol–water partition coefficient (Wildman–Crippen LogP) is 3.88. The second-order valence-electron chi connectivity index (χ2n) is 6.78. The number of carbonyl (C=O) groups excluding carboxylic acids is 1. The molecule has 1 amide bonds. The van der Waals surface area contributed by atoms with Crippen LogP contribution in [0.1, 0.15) is 34.3 Å². The number of piperidine rings is 1. The largest absolute Gasteiger partial charge is 0.339 e. The van der Waals surface area contributed by atoms with Crippen LogP contribution in [0, 0.1) is 23.1 Å². The van der Waals surface area contributed by atoms with E-state index in [0.29, 0.717) is 30.1 Å². The fourth-order valence-electron chi connectivity index (χ4n) is 3.77. The molecule has 0 saturated carbocycles. The SMILES string of the molecule is N#Cc1ccccc1C(=O)N1CCC(C2=Nc3cc(F)ccc3C2)CC1. The van der Waals surface area contributed by atoms with Crippen molar-refractivity contribution in [2.75, 3.05) is 13.1 Å². The topological polar surface area (TPSA) is 56.5 Å². The average Bonchev–Trinajstić information content (AvgIpc) is 3.10. The summed E-state index contributed by atoms with van der Waals surface area (Å²) in [7, 11) is 0. The van der Waals surface area contributed by atoms with Gasteiger partial charge in [0.1, 0.15) is 5.82 Å². The summed E-state index contributed by atoms with van der Waals surface area (Å²) in [5.74, 6) is -0.0228. The maximum Gasteiger partial charge on any atom is 0.255 e. The van der Waals surface area contributed by atoms with Gasteiger partial charge in [-0.15, -0.1) is 0 Å². The van der Waals surface area contributed by atoms with E-state index < -0.39 is 0 Å². The highest BCUT2D eigenvalue weighted by Crippen LogP contribution is 2.32. The zero-order chi connectivity index (χ0) is 18.1. The minimum atomic E-state index is -0.259. The Balaban J connectivity index is 1.43. The average molecular weight is 347 g/mol. The van der Waals surface area contributed by atoms with Crippen LogP contribution in [0.25, 0.3) is 0 Å². The first-order valence-electron chi connectivity index (χ1n) is 8.80. The summed E-state index contributed by atoms with van der Waals surface area (Å²) in [4.78, 5) is 19.2. The lowest BCUT2D eigenvalue weighted by Crippen LogP contribution is -2.40. The number of rotatable bonds is 2. The van der Waals surface area contributed by atoms with Crippen LogP contribution in [0.15, 0.2) is 47.5 Å². The molecule has 1 fully saturated rings. The van der Waals surface area contributed by atoms with E-state index in [0.717, 1.165) is 36.2 Å². The Labute approximate surface area is 151 Å². The van der Waals surface area contributed by atoms with E-state index in [2.05, 4.69) is 11.1 Å². The number of hydrogen-bond acceptors (Lipinski definition) is 3. The van der Waals surface area contributed by atoms with Gasteiger partial charge in [0, 0.05) is 31.1 Å². The van der Waals surface area contributed by atoms with Crippen molar-refractivity contribution in [1.29, 1.82) is 5.26 Å². The van der Waals surface area contributed by atoms with Gasteiger partial charge in [0.05, 0.1) is 22.9 Å². The molecule has 0 spiro atoms. The first kappa shape index (κ1) is 16.5. The summed E-state index contributed by atoms with van der Waals surface area (Å²) in [6, 6.07) is 13.8. The van der Waals surface area contributed by atoms with Gasteiger partial charge in [-0.3, -0.25) is 9.79 Å². The van der Waals surface area contributed by atoms with E-state index in [9.17, 15) is 14.4 Å². The molecular formula is C21H18FN3O. The van der Waals surface area contributed by atoms with Crippen molar-refractivity contribution in [2.45, 2.75) is 19.3 Å². The number of aliphatic imine (C=N–C) groups is 1. The van der Waals surface area contributed by atoms with Gasteiger partial charge < -0.3 is 4.90 Å². The molecule has 2 aromatic rings. The standard InChI is InChI=1S/C21H18FN3O/c22-17-6-5-15-11-19(24-20(15)12-17)14-7-9-25(10-8-14)21(26)18-4-2-1-3-16(18)13-23/h1-6,12,14H,7-11H2. The van der Waals surface area contributed by atoms with Crippen LogP contribution < -0.4 is 0 Å². The first-order chi connectivity index (χ1) is 12.7. The van der Waals surface area contributed by atoms with E-state index in [-0.39, 0.29) is 11.7 Å². The molecule has 5 heteroatoms. The lowest BCUT2D eigenvalue weighted by atomic mass is 9.89. The van der Waals surface area contributed by atoms with Gasteiger partial charge in [-0.05, 0) is 42.7 Å². The number of likely N-dealkylation sites (tertiary alicyclic amines) is 1. The van der Waals surface area contributed by atoms with Crippen molar-refractivity contribution >= 4 is 17.3 Å². The van der Waals surface area contributed by atoms with Crippen LogP contribution in [-0.4, -0.2) is 29.6 Å². The quantitative estimate of drug-likeness (QED) is 0.828. The molecular weight excluding hydrogens is 329 g/mol. The molecule has 2 heterocycles. The van der Waals surface area contributed by atoms with Crippen molar-refractivity contribution in [1.82, 2.24) is 4.90 Å². The van der Waals surface area contributed by atoms with Gasteiger partial charge in [-0.1, -0.05) is 18.2 Å². The van der Waals surface area contributed by atoms with Crippen molar-refractivity contribution in [3.8, 4) is 6.07 Å². The molecule has 2 aliphatic rings. The van der Waals surface area contributed by atoms with E-state index in [1.807, 2.05) is 4.90 Å². The zero-order valence-electron chi connectivity index (χ0n) is 14.3. The molecule has 0 bridgehead atoms. The molecule has 4 nitrogen and oxygen atoms in total. The molecule has 0 unspecified atom stereocenters. The van der Waals surface area contributed by atoms with Crippen molar-refractivity contribution in [2.24, 2.45) is 10.9 Å². The van der Waals surface area contributed by atoms with Gasteiger partial charge in [0.2, 0.25) is 0 Å². The summed E-state index contributed by atoms with van der Waals surface area (Å²) in [6.45, 7) is 1.29. The number of carbonyl (C=O) groups is 1. The van der Waals surface area contributed by atoms with Crippen molar-refractivity contribution in [3.63, 3.8) is 0 Å². The van der Waals surface area contributed by atoms with Gasteiger partial charge >= 0.3 is 0 Å². The third-order valence-corrected chi connectivity index (χ3v) is 5.21. The van der Waals surface area contributed by atoms with Crippen LogP contribution >= 0.6 is 0 Å². The van der Waals surface area contributed by atoms with E-state index >= 15 is 0 Å². The third-order valence-electron chi connectivity index (χ3n) is 5.21. The molecule has 130 valence electrons. The van der Waals surface area contributed by atoms with Gasteiger partial charge in [-0.2, -0.15) is 5.26 Å². The highest BCUT2D eigenvalue weighted by atomic mass is 19.1. The number of nitrogens with zero attached hydrogens (tertiary/aromatic N) is 3. The number of halogens is 1. The second kappa shape index (κ2) is 6.72. The van der Waals surface area contributed by atoms with Crippen LogP contribution in [0.3, 0.4) is 0 Å². The van der Waals surface area contributed by atoms with Gasteiger partial charge in [0.15, 0.2) is 0 Å². The molecule has 0 atom stereocenters. The molecule has 2 aromatic carbocycles. The summed E-state index contributed by atoms with van der Waals surface area (Å²) in [6.07, 6.45) is 2.46. The number of benzene rings is 2. The summed E-state index contributed by atoms with van der Waals surface area (Å²) in [5.41, 5.74) is 3.78. The second-order valence-corrected chi connectivity index (χ2v) is 6.78. The normalized spacial score (nSPS) is 16.8. The molecule has 1 saturated heterocycles. The number of fused-ring (bicyclic) bond motifs is 1. The van der Waals surface area contributed by atoms with E-state index in [1.54, 1.807) is 30.3 Å². The van der Waals surface area contributed by atoms with Crippen LogP contribution in [-0.2, 0) is 6.42 Å². The molecule has 0 N–H and O–H groups in total. The Morgan fingerprint density at radius 1 is 1.19 bits per heavy atom. The highest BCUT2D eigenvalue weighted by Gasteiger charge is 2.29. The van der Waals surface area contributed by atoms with Crippen LogP contribution in [0.2, 0.25) is 0 Å². The molecule has 4 rings (SSSR count). The summed E-state index contributed by atoms with van der Waals surface area (Å²) >= 11 is 0. The number of nitriles is 1. The lowest BCUT2D eigenvalue weighted by Gasteiger charge is -2.32. The maximum atomic E-state index is 13.4. The Kier molecular flexibility index (Phi) is 4.26. The van der Waals surface area contributed by atoms with Crippen LogP contribution in [0.5, 0.6) is 0 Å². The van der Waals surface area contributed by atoms with Gasteiger partial charge in [0.25, 0.3) is 5.91 Å². The Morgan fingerprint density at radius 2 is 1.96 bits per heavy atom. The van der Waals surface area contributed by atoms with E-state index in [1.165, 1.54) is 12.1 Å². The molecule has 0 radical (unpaired) electrons. The first-order valence-corrected chi connectivity index (χ1v) is 8.80. The van der Waals surface area contributed by atoms with Gasteiger partial charge in [-0.25, -0.2) is 4.39 Å². The zero-order valence-corrected chi connectivity index (χ0v) is 14.3. The fraction of sp³-hybridized carbons (Fsp3) is 0.286. The Bertz CT molecular complexity index is 937. The fourth-order valence-corrected chi connectivity index (χ4v) is 3.77. The Morgan fingerprint density at radius 3 is 2.73 bits per heavy atom. The lowest BCUT2D eigenvalue weighted by molar-refractivity contribution is 0.0709. The Hall–Kier alpha value is -3.00.